The fraction of sp³-hybridized carbons (Fsp3) is 0.600. The maximum Gasteiger partial charge on any atom is 0.0976 e. The van der Waals surface area contributed by atoms with E-state index in [-0.39, 0.29) is 0 Å². The van der Waals surface area contributed by atoms with Gasteiger partial charge in [-0.05, 0) is 24.7 Å². The molecular weight excluding hydrogens is 216 g/mol. The summed E-state index contributed by atoms with van der Waals surface area (Å²) in [6, 6.07) is 2.12. The molecule has 1 aromatic heterocycles. The molecule has 0 atom stereocenters. The number of nitrogens with zero attached hydrogens (tertiary/aromatic N) is 1. The largest absolute Gasteiger partial charge is 0.326 e. The van der Waals surface area contributed by atoms with Gasteiger partial charge in [0.15, 0.2) is 0 Å². The van der Waals surface area contributed by atoms with Crippen LogP contribution in [0.25, 0.3) is 0 Å². The summed E-state index contributed by atoms with van der Waals surface area (Å²) in [5.74, 6) is 0. The molecule has 4 heteroatoms. The summed E-state index contributed by atoms with van der Waals surface area (Å²) in [5.41, 5.74) is 6.78. The van der Waals surface area contributed by atoms with E-state index in [4.69, 9.17) is 17.3 Å². The summed E-state index contributed by atoms with van der Waals surface area (Å²) in [7, 11) is 0. The van der Waals surface area contributed by atoms with Crippen molar-refractivity contribution in [3.05, 3.63) is 20.8 Å². The third-order valence-electron chi connectivity index (χ3n) is 2.30. The molecule has 1 rings (SSSR count). The van der Waals surface area contributed by atoms with E-state index in [1.165, 1.54) is 5.56 Å². The Bertz CT molecular complexity index is 282. The van der Waals surface area contributed by atoms with Crippen LogP contribution in [0.1, 0.15) is 24.3 Å². The number of thiophene rings is 1. The van der Waals surface area contributed by atoms with E-state index in [2.05, 4.69) is 24.8 Å². The third kappa shape index (κ3) is 2.95. The predicted molar refractivity (Wildman–Crippen MR) is 63.8 cm³/mol. The van der Waals surface area contributed by atoms with E-state index in [1.807, 2.05) is 0 Å². The van der Waals surface area contributed by atoms with Crippen molar-refractivity contribution in [2.75, 3.05) is 13.1 Å². The van der Waals surface area contributed by atoms with E-state index in [0.29, 0.717) is 6.54 Å². The maximum absolute atomic E-state index is 6.12. The van der Waals surface area contributed by atoms with Crippen LogP contribution >= 0.6 is 22.9 Å². The van der Waals surface area contributed by atoms with Gasteiger partial charge in [-0.1, -0.05) is 25.4 Å². The molecule has 0 unspecified atom stereocenters. The van der Waals surface area contributed by atoms with E-state index in [9.17, 15) is 0 Å². The van der Waals surface area contributed by atoms with Gasteiger partial charge in [-0.15, -0.1) is 11.3 Å². The molecule has 2 N–H and O–H groups in total. The molecule has 14 heavy (non-hydrogen) atoms. The second-order valence-corrected chi connectivity index (χ2v) is 4.92. The second-order valence-electron chi connectivity index (χ2n) is 3.18. The normalized spacial score (nSPS) is 11.2. The first kappa shape index (κ1) is 12.0. The minimum Gasteiger partial charge on any atom is -0.326 e. The van der Waals surface area contributed by atoms with Gasteiger partial charge >= 0.3 is 0 Å². The molecule has 2 nitrogen and oxygen atoms in total. The number of nitrogens with two attached hydrogens (primary N) is 1. The molecule has 0 radical (unpaired) electrons. The number of hydrogen-bond donors (Lipinski definition) is 1. The molecule has 0 spiro atoms. The van der Waals surface area contributed by atoms with Crippen LogP contribution in [0.5, 0.6) is 0 Å². The summed E-state index contributed by atoms with van der Waals surface area (Å²) in [6.45, 7) is 7.95. The zero-order valence-corrected chi connectivity index (χ0v) is 10.3. The molecular formula is C10H17ClN2S. The highest BCUT2D eigenvalue weighted by molar-refractivity contribution is 7.16. The van der Waals surface area contributed by atoms with Gasteiger partial charge in [-0.3, -0.25) is 4.90 Å². The van der Waals surface area contributed by atoms with Gasteiger partial charge in [0, 0.05) is 18.0 Å². The van der Waals surface area contributed by atoms with E-state index >= 15 is 0 Å². The minimum atomic E-state index is 0.586. The van der Waals surface area contributed by atoms with Gasteiger partial charge in [0.2, 0.25) is 0 Å². The van der Waals surface area contributed by atoms with Crippen LogP contribution in [-0.2, 0) is 13.1 Å². The number of halogens is 1. The first-order valence-electron chi connectivity index (χ1n) is 4.90. The quantitative estimate of drug-likeness (QED) is 0.846. The Morgan fingerprint density at radius 2 is 2.07 bits per heavy atom. The first-order valence-corrected chi connectivity index (χ1v) is 6.10. The number of rotatable bonds is 5. The molecule has 0 aliphatic rings. The SMILES string of the molecule is CCN(CC)Cc1cc(CN)sc1Cl. The van der Waals surface area contributed by atoms with Crippen LogP contribution in [-0.4, -0.2) is 18.0 Å². The highest BCUT2D eigenvalue weighted by Gasteiger charge is 2.08. The van der Waals surface area contributed by atoms with Crippen molar-refractivity contribution >= 4 is 22.9 Å². The maximum atomic E-state index is 6.12. The van der Waals surface area contributed by atoms with Crippen LogP contribution in [0.3, 0.4) is 0 Å². The van der Waals surface area contributed by atoms with E-state index < -0.39 is 0 Å². The summed E-state index contributed by atoms with van der Waals surface area (Å²) in [6.07, 6.45) is 0. The van der Waals surface area contributed by atoms with Crippen LogP contribution in [0.15, 0.2) is 6.07 Å². The van der Waals surface area contributed by atoms with Gasteiger partial charge < -0.3 is 5.73 Å². The molecule has 80 valence electrons. The minimum absolute atomic E-state index is 0.586. The number of hydrogen-bond acceptors (Lipinski definition) is 3. The van der Waals surface area contributed by atoms with Crippen molar-refractivity contribution in [3.63, 3.8) is 0 Å². The van der Waals surface area contributed by atoms with Crippen molar-refractivity contribution < 1.29 is 0 Å². The Hall–Kier alpha value is -0.0900. The van der Waals surface area contributed by atoms with Gasteiger partial charge in [0.05, 0.1) is 4.34 Å². The topological polar surface area (TPSA) is 29.3 Å². The zero-order chi connectivity index (χ0) is 10.6. The molecule has 1 heterocycles. The Kier molecular flexibility index (Phi) is 4.89. The monoisotopic (exact) mass is 232 g/mol. The molecule has 0 aliphatic heterocycles. The van der Waals surface area contributed by atoms with Crippen LogP contribution < -0.4 is 5.73 Å². The Balaban J connectivity index is 2.69. The molecule has 0 aliphatic carbocycles. The highest BCUT2D eigenvalue weighted by atomic mass is 35.5. The third-order valence-corrected chi connectivity index (χ3v) is 3.76. The summed E-state index contributed by atoms with van der Waals surface area (Å²) < 4.78 is 0.886. The van der Waals surface area contributed by atoms with Gasteiger partial charge in [0.25, 0.3) is 0 Å². The van der Waals surface area contributed by atoms with Crippen molar-refractivity contribution in [1.29, 1.82) is 0 Å². The Morgan fingerprint density at radius 3 is 2.50 bits per heavy atom. The van der Waals surface area contributed by atoms with E-state index in [1.54, 1.807) is 11.3 Å². The lowest BCUT2D eigenvalue weighted by molar-refractivity contribution is 0.296. The Morgan fingerprint density at radius 1 is 1.43 bits per heavy atom. The summed E-state index contributed by atoms with van der Waals surface area (Å²) in [5, 5.41) is 0. The first-order chi connectivity index (χ1) is 6.71. The van der Waals surface area contributed by atoms with Crippen LogP contribution in [0, 0.1) is 0 Å². The van der Waals surface area contributed by atoms with Crippen LogP contribution in [0.4, 0.5) is 0 Å². The standard InChI is InChI=1S/C10H17ClN2S/c1-3-13(4-2)7-8-5-9(6-12)14-10(8)11/h5H,3-4,6-7,12H2,1-2H3. The lowest BCUT2D eigenvalue weighted by Gasteiger charge is -2.17. The smallest absolute Gasteiger partial charge is 0.0976 e. The van der Waals surface area contributed by atoms with Crippen molar-refractivity contribution in [1.82, 2.24) is 4.90 Å². The molecule has 0 aromatic carbocycles. The summed E-state index contributed by atoms with van der Waals surface area (Å²) in [4.78, 5) is 3.51. The van der Waals surface area contributed by atoms with Crippen LogP contribution in [0.2, 0.25) is 4.34 Å². The molecule has 0 saturated carbocycles. The molecule has 0 bridgehead atoms. The fourth-order valence-electron chi connectivity index (χ4n) is 1.36. The average molecular weight is 233 g/mol. The van der Waals surface area contributed by atoms with E-state index in [0.717, 1.165) is 28.8 Å². The predicted octanol–water partition coefficient (Wildman–Crippen LogP) is 2.70. The Labute approximate surface area is 94.7 Å². The average Bonchev–Trinajstić information content (AvgIpc) is 2.56. The lowest BCUT2D eigenvalue weighted by Crippen LogP contribution is -2.21. The molecule has 0 amide bonds. The van der Waals surface area contributed by atoms with Gasteiger partial charge in [-0.2, -0.15) is 0 Å². The highest BCUT2D eigenvalue weighted by Crippen LogP contribution is 2.28. The molecule has 0 fully saturated rings. The van der Waals surface area contributed by atoms with Crippen molar-refractivity contribution in [2.24, 2.45) is 5.73 Å². The second kappa shape index (κ2) is 5.71. The van der Waals surface area contributed by atoms with Gasteiger partial charge in [-0.25, -0.2) is 0 Å². The lowest BCUT2D eigenvalue weighted by atomic mass is 10.3. The molecule has 0 saturated heterocycles. The van der Waals surface area contributed by atoms with Crippen molar-refractivity contribution in [3.8, 4) is 0 Å². The fourth-order valence-corrected chi connectivity index (χ4v) is 2.54. The molecule has 1 aromatic rings. The van der Waals surface area contributed by atoms with Gasteiger partial charge in [0.1, 0.15) is 0 Å². The summed E-state index contributed by atoms with van der Waals surface area (Å²) >= 11 is 7.71. The van der Waals surface area contributed by atoms with Crippen molar-refractivity contribution in [2.45, 2.75) is 26.9 Å². The zero-order valence-electron chi connectivity index (χ0n) is 8.72.